The van der Waals surface area contributed by atoms with Crippen LogP contribution < -0.4 is 0 Å². The van der Waals surface area contributed by atoms with Crippen LogP contribution in [0.4, 0.5) is 0 Å². The molecule has 14 heavy (non-hydrogen) atoms. The van der Waals surface area contributed by atoms with E-state index < -0.39 is 0 Å². The van der Waals surface area contributed by atoms with E-state index in [4.69, 9.17) is 0 Å². The Bertz CT molecular complexity index is 241. The number of benzene rings is 1. The molecular weight excluding hydrogens is 188 g/mol. The van der Waals surface area contributed by atoms with Crippen molar-refractivity contribution >= 4 is 11.8 Å². The Balaban J connectivity index is 0.000000791. The van der Waals surface area contributed by atoms with Crippen molar-refractivity contribution in [2.45, 2.75) is 39.0 Å². The summed E-state index contributed by atoms with van der Waals surface area (Å²) < 4.78 is 0. The summed E-state index contributed by atoms with van der Waals surface area (Å²) in [5.41, 5.74) is 1.49. The fraction of sp³-hybridized carbons (Fsp3) is 0.538. The molecule has 0 aliphatic heterocycles. The number of hydrogen-bond acceptors (Lipinski definition) is 1. The Morgan fingerprint density at radius 2 is 1.71 bits per heavy atom. The average Bonchev–Trinajstić information content (AvgIpc) is 2.21. The molecule has 0 aliphatic rings. The molecule has 0 heterocycles. The van der Waals surface area contributed by atoms with Crippen molar-refractivity contribution in [3.05, 3.63) is 29.8 Å². The quantitative estimate of drug-likeness (QED) is 0.655. The molecule has 1 aromatic carbocycles. The SMILES string of the molecule is CC.CSc1ccccc1CC(C)C. The number of thioether (sulfide) groups is 1. The summed E-state index contributed by atoms with van der Waals surface area (Å²) >= 11 is 1.84. The van der Waals surface area contributed by atoms with Crippen LogP contribution in [0.2, 0.25) is 0 Å². The van der Waals surface area contributed by atoms with Gasteiger partial charge in [0.2, 0.25) is 0 Å². The minimum absolute atomic E-state index is 0.748. The predicted octanol–water partition coefficient (Wildman–Crippen LogP) is 4.63. The largest absolute Gasteiger partial charge is 0.129 e. The van der Waals surface area contributed by atoms with Gasteiger partial charge in [-0.25, -0.2) is 0 Å². The van der Waals surface area contributed by atoms with Gasteiger partial charge in [0, 0.05) is 4.90 Å². The van der Waals surface area contributed by atoms with E-state index in [2.05, 4.69) is 44.4 Å². The Kier molecular flexibility index (Phi) is 7.68. The third-order valence-corrected chi connectivity index (χ3v) is 2.66. The smallest absolute Gasteiger partial charge is 0.0101 e. The molecule has 0 aromatic heterocycles. The van der Waals surface area contributed by atoms with Crippen LogP contribution >= 0.6 is 11.8 Å². The lowest BCUT2D eigenvalue weighted by molar-refractivity contribution is 0.640. The molecular formula is C13H22S. The maximum absolute atomic E-state index is 2.26. The third kappa shape index (κ3) is 4.71. The van der Waals surface area contributed by atoms with Crippen molar-refractivity contribution in [2.24, 2.45) is 5.92 Å². The van der Waals surface area contributed by atoms with Gasteiger partial charge in [0.1, 0.15) is 0 Å². The van der Waals surface area contributed by atoms with Gasteiger partial charge in [0.15, 0.2) is 0 Å². The zero-order valence-electron chi connectivity index (χ0n) is 10.0. The maximum Gasteiger partial charge on any atom is 0.0101 e. The fourth-order valence-electron chi connectivity index (χ4n) is 1.31. The second kappa shape index (κ2) is 7.93. The zero-order chi connectivity index (χ0) is 11.0. The molecule has 0 aliphatic carbocycles. The highest BCUT2D eigenvalue weighted by Gasteiger charge is 2.01. The number of hydrogen-bond donors (Lipinski definition) is 0. The van der Waals surface area contributed by atoms with Crippen molar-refractivity contribution in [3.8, 4) is 0 Å². The van der Waals surface area contributed by atoms with E-state index >= 15 is 0 Å². The topological polar surface area (TPSA) is 0 Å². The zero-order valence-corrected chi connectivity index (χ0v) is 10.8. The Hall–Kier alpha value is -0.430. The Morgan fingerprint density at radius 3 is 2.21 bits per heavy atom. The van der Waals surface area contributed by atoms with Crippen molar-refractivity contribution < 1.29 is 0 Å². The standard InChI is InChI=1S/C11H16S.C2H6/c1-9(2)8-10-6-4-5-7-11(10)12-3;1-2/h4-7,9H,8H2,1-3H3;1-2H3. The Morgan fingerprint density at radius 1 is 1.14 bits per heavy atom. The summed E-state index contributed by atoms with van der Waals surface area (Å²) in [6.45, 7) is 8.52. The number of rotatable bonds is 3. The van der Waals surface area contributed by atoms with E-state index in [0.717, 1.165) is 5.92 Å². The van der Waals surface area contributed by atoms with E-state index in [9.17, 15) is 0 Å². The molecule has 0 radical (unpaired) electrons. The monoisotopic (exact) mass is 210 g/mol. The summed E-state index contributed by atoms with van der Waals surface area (Å²) in [4.78, 5) is 1.42. The van der Waals surface area contributed by atoms with E-state index in [1.807, 2.05) is 25.6 Å². The van der Waals surface area contributed by atoms with Gasteiger partial charge in [-0.3, -0.25) is 0 Å². The van der Waals surface area contributed by atoms with Crippen LogP contribution in [0.15, 0.2) is 29.2 Å². The van der Waals surface area contributed by atoms with E-state index in [0.29, 0.717) is 0 Å². The second-order valence-corrected chi connectivity index (χ2v) is 4.26. The van der Waals surface area contributed by atoms with Crippen LogP contribution in [0, 0.1) is 5.92 Å². The van der Waals surface area contributed by atoms with Crippen LogP contribution in [0.25, 0.3) is 0 Å². The van der Waals surface area contributed by atoms with Crippen LogP contribution in [-0.4, -0.2) is 6.26 Å². The van der Waals surface area contributed by atoms with Gasteiger partial charge >= 0.3 is 0 Å². The molecule has 0 bridgehead atoms. The first-order valence-electron chi connectivity index (χ1n) is 5.36. The highest BCUT2D eigenvalue weighted by Crippen LogP contribution is 2.22. The van der Waals surface area contributed by atoms with Crippen molar-refractivity contribution in [3.63, 3.8) is 0 Å². The highest BCUT2D eigenvalue weighted by molar-refractivity contribution is 7.98. The van der Waals surface area contributed by atoms with Gasteiger partial charge < -0.3 is 0 Å². The van der Waals surface area contributed by atoms with Crippen LogP contribution in [0.5, 0.6) is 0 Å². The lowest BCUT2D eigenvalue weighted by Crippen LogP contribution is -1.95. The molecule has 1 rings (SSSR count). The molecule has 0 amide bonds. The molecule has 0 atom stereocenters. The summed E-state index contributed by atoms with van der Waals surface area (Å²) in [7, 11) is 0. The summed E-state index contributed by atoms with van der Waals surface area (Å²) in [6.07, 6.45) is 3.33. The normalized spacial score (nSPS) is 9.57. The van der Waals surface area contributed by atoms with Gasteiger partial charge in [-0.05, 0) is 30.2 Å². The lowest BCUT2D eigenvalue weighted by Gasteiger charge is -2.08. The molecule has 0 spiro atoms. The highest BCUT2D eigenvalue weighted by atomic mass is 32.2. The van der Waals surface area contributed by atoms with Gasteiger partial charge in [-0.2, -0.15) is 0 Å². The van der Waals surface area contributed by atoms with Crippen LogP contribution in [-0.2, 0) is 6.42 Å². The second-order valence-electron chi connectivity index (χ2n) is 3.41. The first kappa shape index (κ1) is 13.6. The minimum atomic E-state index is 0.748. The molecule has 0 saturated heterocycles. The first-order chi connectivity index (χ1) is 6.74. The molecule has 0 fully saturated rings. The molecule has 0 unspecified atom stereocenters. The van der Waals surface area contributed by atoms with Crippen molar-refractivity contribution in [2.75, 3.05) is 6.26 Å². The van der Waals surface area contributed by atoms with Crippen LogP contribution in [0.3, 0.4) is 0 Å². The van der Waals surface area contributed by atoms with Crippen molar-refractivity contribution in [1.29, 1.82) is 0 Å². The average molecular weight is 210 g/mol. The molecule has 1 heteroatoms. The third-order valence-electron chi connectivity index (χ3n) is 1.82. The molecule has 1 aromatic rings. The predicted molar refractivity (Wildman–Crippen MR) is 68.1 cm³/mol. The van der Waals surface area contributed by atoms with Gasteiger partial charge in [0.05, 0.1) is 0 Å². The summed E-state index contributed by atoms with van der Waals surface area (Å²) in [6, 6.07) is 8.65. The summed E-state index contributed by atoms with van der Waals surface area (Å²) in [5.74, 6) is 0.748. The van der Waals surface area contributed by atoms with Crippen molar-refractivity contribution in [1.82, 2.24) is 0 Å². The van der Waals surface area contributed by atoms with Gasteiger partial charge in [-0.1, -0.05) is 45.9 Å². The van der Waals surface area contributed by atoms with Gasteiger partial charge in [-0.15, -0.1) is 11.8 Å². The maximum atomic E-state index is 2.26. The lowest BCUT2D eigenvalue weighted by atomic mass is 10.0. The first-order valence-corrected chi connectivity index (χ1v) is 6.58. The summed E-state index contributed by atoms with van der Waals surface area (Å²) in [5, 5.41) is 0. The van der Waals surface area contributed by atoms with Gasteiger partial charge in [0.25, 0.3) is 0 Å². The minimum Gasteiger partial charge on any atom is -0.129 e. The van der Waals surface area contributed by atoms with E-state index in [-0.39, 0.29) is 0 Å². The van der Waals surface area contributed by atoms with E-state index in [1.165, 1.54) is 16.9 Å². The molecule has 80 valence electrons. The Labute approximate surface area is 93.1 Å². The van der Waals surface area contributed by atoms with E-state index in [1.54, 1.807) is 0 Å². The fourth-order valence-corrected chi connectivity index (χ4v) is 1.94. The molecule has 0 nitrogen and oxygen atoms in total. The molecule has 0 N–H and O–H groups in total. The molecule has 0 saturated carbocycles. The van der Waals surface area contributed by atoms with Crippen LogP contribution in [0.1, 0.15) is 33.3 Å².